The van der Waals surface area contributed by atoms with Gasteiger partial charge in [-0.05, 0) is 87.5 Å². The van der Waals surface area contributed by atoms with Crippen LogP contribution < -0.4 is 0 Å². The van der Waals surface area contributed by atoms with Crippen molar-refractivity contribution in [3.05, 3.63) is 64.5 Å². The number of Topliss-reactive ketones (excluding diaryl/α,β-unsaturated/α-hetero) is 1. The van der Waals surface area contributed by atoms with Gasteiger partial charge < -0.3 is 4.74 Å². The Labute approximate surface area is 199 Å². The van der Waals surface area contributed by atoms with E-state index in [1.807, 2.05) is 6.07 Å². The summed E-state index contributed by atoms with van der Waals surface area (Å²) in [7, 11) is 0. The molecule has 1 aliphatic carbocycles. The number of unbranched alkanes of at least 4 members (excludes halogenated alkanes) is 2. The lowest BCUT2D eigenvalue weighted by molar-refractivity contribution is -0.122. The van der Waals surface area contributed by atoms with Gasteiger partial charge in [0.1, 0.15) is 0 Å². The first kappa shape index (κ1) is 24.1. The van der Waals surface area contributed by atoms with Crippen molar-refractivity contribution in [2.75, 3.05) is 19.7 Å². The molecule has 0 unspecified atom stereocenters. The molecule has 4 heteroatoms. The maximum Gasteiger partial charge on any atom is 0.151 e. The molecule has 1 fully saturated rings. The number of rotatable bonds is 11. The van der Waals surface area contributed by atoms with Gasteiger partial charge in [-0.25, -0.2) is 0 Å². The Morgan fingerprint density at radius 3 is 2.82 bits per heavy atom. The van der Waals surface area contributed by atoms with Gasteiger partial charge in [0.05, 0.1) is 12.1 Å². The Morgan fingerprint density at radius 2 is 1.97 bits per heavy atom. The van der Waals surface area contributed by atoms with Crippen LogP contribution >= 0.6 is 0 Å². The highest BCUT2D eigenvalue weighted by atomic mass is 16.5. The summed E-state index contributed by atoms with van der Waals surface area (Å²) in [5.74, 6) is 0.229. The number of fused-ring (bicyclic) bond motifs is 1. The molecule has 0 N–H and O–H groups in total. The molecule has 4 nitrogen and oxygen atoms in total. The van der Waals surface area contributed by atoms with Gasteiger partial charge in [-0.15, -0.1) is 0 Å². The van der Waals surface area contributed by atoms with E-state index in [2.05, 4.69) is 42.2 Å². The summed E-state index contributed by atoms with van der Waals surface area (Å²) in [5, 5.41) is 0. The van der Waals surface area contributed by atoms with E-state index in [9.17, 15) is 4.79 Å². The summed E-state index contributed by atoms with van der Waals surface area (Å²) in [5.41, 5.74) is 6.51. The lowest BCUT2D eigenvalue weighted by Crippen LogP contribution is -2.33. The molecule has 1 aliphatic heterocycles. The van der Waals surface area contributed by atoms with Crippen molar-refractivity contribution in [3.8, 4) is 0 Å². The fourth-order valence-electron chi connectivity index (χ4n) is 5.52. The van der Waals surface area contributed by atoms with Crippen molar-refractivity contribution in [1.29, 1.82) is 0 Å². The molecule has 4 rings (SSSR count). The molecule has 178 valence electrons. The quantitative estimate of drug-likeness (QED) is 0.416. The van der Waals surface area contributed by atoms with Gasteiger partial charge in [0, 0.05) is 31.1 Å². The molecule has 0 radical (unpaired) electrons. The molecule has 0 bridgehead atoms. The maximum absolute atomic E-state index is 12.5. The molecular formula is C29H40N2O2. The summed E-state index contributed by atoms with van der Waals surface area (Å²) in [6, 6.07) is 12.8. The second-order valence-corrected chi connectivity index (χ2v) is 9.77. The second-order valence-electron chi connectivity index (χ2n) is 9.77. The summed E-state index contributed by atoms with van der Waals surface area (Å²) in [6.07, 6.45) is 11.7. The molecule has 2 aromatic rings. The lowest BCUT2D eigenvalue weighted by Gasteiger charge is -2.27. The minimum atomic E-state index is -0.140. The molecule has 1 aromatic heterocycles. The van der Waals surface area contributed by atoms with Gasteiger partial charge in [0.15, 0.2) is 5.78 Å². The molecule has 0 amide bonds. The third-order valence-electron chi connectivity index (χ3n) is 7.32. The van der Waals surface area contributed by atoms with Crippen molar-refractivity contribution < 1.29 is 9.53 Å². The van der Waals surface area contributed by atoms with Crippen LogP contribution in [-0.4, -0.2) is 41.5 Å². The van der Waals surface area contributed by atoms with Crippen LogP contribution in [0.15, 0.2) is 36.4 Å². The zero-order chi connectivity index (χ0) is 23.0. The number of ketones is 1. The molecule has 2 aliphatic rings. The second kappa shape index (κ2) is 11.9. The van der Waals surface area contributed by atoms with E-state index < -0.39 is 0 Å². The standard InChI is InChI=1S/C29H40N2O2/c1-3-23-11-6-8-14-27(23)29(22(2)32)31-19-18-26(21-31)33-20-10-4-5-13-25-17-16-24-12-7-9-15-28(24)30-25/h6,8,11,14,16-17,26,29H,3-5,7,9-10,12-13,15,18-21H2,1-2H3/t26-,29+/m1/s1. The zero-order valence-corrected chi connectivity index (χ0v) is 20.5. The Hall–Kier alpha value is -2.04. The maximum atomic E-state index is 12.5. The number of likely N-dealkylation sites (tertiary alicyclic amines) is 1. The van der Waals surface area contributed by atoms with Crippen molar-refractivity contribution in [3.63, 3.8) is 0 Å². The molecule has 2 atom stereocenters. The van der Waals surface area contributed by atoms with Crippen LogP contribution in [0.5, 0.6) is 0 Å². The van der Waals surface area contributed by atoms with E-state index in [1.54, 1.807) is 6.92 Å². The Morgan fingerprint density at radius 1 is 1.12 bits per heavy atom. The van der Waals surface area contributed by atoms with Crippen molar-refractivity contribution in [2.24, 2.45) is 0 Å². The number of carbonyl (C=O) groups excluding carboxylic acids is 1. The molecule has 33 heavy (non-hydrogen) atoms. The molecule has 0 spiro atoms. The molecule has 0 saturated carbocycles. The third-order valence-corrected chi connectivity index (χ3v) is 7.32. The smallest absolute Gasteiger partial charge is 0.151 e. The SMILES string of the molecule is CCc1ccccc1[C@H](C(C)=O)N1CC[C@@H](OCCCCCc2ccc3c(n2)CCCC3)C1. The number of hydrogen-bond acceptors (Lipinski definition) is 4. The largest absolute Gasteiger partial charge is 0.377 e. The van der Waals surface area contributed by atoms with Gasteiger partial charge in [-0.3, -0.25) is 14.7 Å². The van der Waals surface area contributed by atoms with E-state index in [-0.39, 0.29) is 17.9 Å². The number of carbonyl (C=O) groups is 1. The van der Waals surface area contributed by atoms with Crippen LogP contribution in [0.25, 0.3) is 0 Å². The average molecular weight is 449 g/mol. The number of nitrogens with zero attached hydrogens (tertiary/aromatic N) is 2. The monoisotopic (exact) mass is 448 g/mol. The number of pyridine rings is 1. The third kappa shape index (κ3) is 6.30. The average Bonchev–Trinajstić information content (AvgIpc) is 3.29. The number of hydrogen-bond donors (Lipinski definition) is 0. The minimum absolute atomic E-state index is 0.140. The van der Waals surface area contributed by atoms with Crippen LogP contribution in [0.3, 0.4) is 0 Å². The van der Waals surface area contributed by atoms with Crippen molar-refractivity contribution in [2.45, 2.75) is 90.2 Å². The summed E-state index contributed by atoms with van der Waals surface area (Å²) < 4.78 is 6.21. The topological polar surface area (TPSA) is 42.4 Å². The fraction of sp³-hybridized carbons (Fsp3) is 0.586. The number of benzene rings is 1. The Kier molecular flexibility index (Phi) is 8.69. The van der Waals surface area contributed by atoms with Gasteiger partial charge >= 0.3 is 0 Å². The zero-order valence-electron chi connectivity index (χ0n) is 20.5. The van der Waals surface area contributed by atoms with E-state index in [0.29, 0.717) is 0 Å². The minimum Gasteiger partial charge on any atom is -0.377 e. The fourth-order valence-corrected chi connectivity index (χ4v) is 5.52. The van der Waals surface area contributed by atoms with E-state index >= 15 is 0 Å². The Balaban J connectivity index is 1.18. The van der Waals surface area contributed by atoms with Gasteiger partial charge in [0.25, 0.3) is 0 Å². The highest BCUT2D eigenvalue weighted by Crippen LogP contribution is 2.30. The lowest BCUT2D eigenvalue weighted by atomic mass is 9.95. The first-order valence-electron chi connectivity index (χ1n) is 13.1. The predicted octanol–water partition coefficient (Wildman–Crippen LogP) is 5.66. The Bertz CT molecular complexity index is 926. The van der Waals surface area contributed by atoms with Crippen LogP contribution in [-0.2, 0) is 35.2 Å². The van der Waals surface area contributed by atoms with E-state index in [1.165, 1.54) is 60.2 Å². The van der Waals surface area contributed by atoms with Crippen molar-refractivity contribution in [1.82, 2.24) is 9.88 Å². The van der Waals surface area contributed by atoms with Crippen LogP contribution in [0.1, 0.15) is 86.5 Å². The number of aryl methyl sites for hydroxylation is 4. The molecule has 2 heterocycles. The van der Waals surface area contributed by atoms with Crippen molar-refractivity contribution >= 4 is 5.78 Å². The first-order valence-corrected chi connectivity index (χ1v) is 13.1. The van der Waals surface area contributed by atoms with Gasteiger partial charge in [-0.2, -0.15) is 0 Å². The number of ether oxygens (including phenoxy) is 1. The normalized spacial score (nSPS) is 19.4. The summed E-state index contributed by atoms with van der Waals surface area (Å²) >= 11 is 0. The molecular weight excluding hydrogens is 408 g/mol. The van der Waals surface area contributed by atoms with E-state index in [4.69, 9.17) is 9.72 Å². The summed E-state index contributed by atoms with van der Waals surface area (Å²) in [4.78, 5) is 19.8. The predicted molar refractivity (Wildman–Crippen MR) is 134 cm³/mol. The molecule has 1 saturated heterocycles. The summed E-state index contributed by atoms with van der Waals surface area (Å²) in [6.45, 7) is 6.47. The number of aromatic nitrogens is 1. The van der Waals surface area contributed by atoms with E-state index in [0.717, 1.165) is 51.8 Å². The van der Waals surface area contributed by atoms with Crippen LogP contribution in [0.2, 0.25) is 0 Å². The molecule has 1 aromatic carbocycles. The van der Waals surface area contributed by atoms with Crippen LogP contribution in [0, 0.1) is 0 Å². The highest BCUT2D eigenvalue weighted by Gasteiger charge is 2.33. The first-order chi connectivity index (χ1) is 16.2. The van der Waals surface area contributed by atoms with Gasteiger partial charge in [0.2, 0.25) is 0 Å². The highest BCUT2D eigenvalue weighted by molar-refractivity contribution is 5.83. The van der Waals surface area contributed by atoms with Crippen LogP contribution in [0.4, 0.5) is 0 Å². The van der Waals surface area contributed by atoms with Gasteiger partial charge in [-0.1, -0.05) is 43.7 Å².